The molecular formula is C19H27N5. The molecule has 1 fully saturated rings. The lowest BCUT2D eigenvalue weighted by atomic mass is 10.2. The first-order valence-corrected chi connectivity index (χ1v) is 8.94. The van der Waals surface area contributed by atoms with Crippen LogP contribution in [0.3, 0.4) is 0 Å². The van der Waals surface area contributed by atoms with Crippen LogP contribution in [0.25, 0.3) is 0 Å². The lowest BCUT2D eigenvalue weighted by Gasteiger charge is -2.16. The first kappa shape index (κ1) is 16.6. The molecular weight excluding hydrogens is 298 g/mol. The van der Waals surface area contributed by atoms with Crippen LogP contribution in [0.15, 0.2) is 47.7 Å². The number of hydrogen-bond acceptors (Lipinski definition) is 2. The number of nitrogens with zero attached hydrogens (tertiary/aromatic N) is 3. The summed E-state index contributed by atoms with van der Waals surface area (Å²) in [5.74, 6) is 1.89. The minimum absolute atomic E-state index is 0.562. The van der Waals surface area contributed by atoms with Crippen molar-refractivity contribution in [1.82, 2.24) is 20.2 Å². The van der Waals surface area contributed by atoms with E-state index in [-0.39, 0.29) is 0 Å². The van der Waals surface area contributed by atoms with Crippen LogP contribution in [0.1, 0.15) is 44.0 Å². The molecule has 0 radical (unpaired) electrons. The Morgan fingerprint density at radius 3 is 2.79 bits per heavy atom. The van der Waals surface area contributed by atoms with Crippen LogP contribution in [-0.4, -0.2) is 28.1 Å². The van der Waals surface area contributed by atoms with Gasteiger partial charge < -0.3 is 15.2 Å². The molecule has 2 N–H and O–H groups in total. The molecule has 3 rings (SSSR count). The van der Waals surface area contributed by atoms with Gasteiger partial charge in [-0.3, -0.25) is 0 Å². The van der Waals surface area contributed by atoms with Gasteiger partial charge in [0, 0.05) is 31.5 Å². The molecule has 128 valence electrons. The molecule has 1 aromatic heterocycles. The summed E-state index contributed by atoms with van der Waals surface area (Å²) in [4.78, 5) is 9.21. The van der Waals surface area contributed by atoms with E-state index in [9.17, 15) is 0 Å². The monoisotopic (exact) mass is 325 g/mol. The fraction of sp³-hybridized carbons (Fsp3) is 0.474. The number of imidazole rings is 1. The fourth-order valence-corrected chi connectivity index (χ4v) is 3.15. The van der Waals surface area contributed by atoms with E-state index in [1.54, 1.807) is 0 Å². The summed E-state index contributed by atoms with van der Waals surface area (Å²) in [6.07, 6.45) is 9.00. The Morgan fingerprint density at radius 1 is 1.25 bits per heavy atom. The Hall–Kier alpha value is -2.30. The van der Waals surface area contributed by atoms with Gasteiger partial charge >= 0.3 is 0 Å². The Labute approximate surface area is 144 Å². The molecule has 0 amide bonds. The highest BCUT2D eigenvalue weighted by Crippen LogP contribution is 2.17. The molecule has 1 aliphatic rings. The number of rotatable bonds is 6. The molecule has 1 heterocycles. The second kappa shape index (κ2) is 8.52. The van der Waals surface area contributed by atoms with Crippen molar-refractivity contribution in [1.29, 1.82) is 0 Å². The zero-order valence-corrected chi connectivity index (χ0v) is 14.4. The molecule has 1 aromatic carbocycles. The van der Waals surface area contributed by atoms with Gasteiger partial charge in [0.05, 0.1) is 0 Å². The molecule has 5 heteroatoms. The molecule has 0 bridgehead atoms. The van der Waals surface area contributed by atoms with E-state index in [1.165, 1.54) is 31.2 Å². The molecule has 0 aliphatic heterocycles. The number of nitrogens with one attached hydrogen (secondary N) is 2. The highest BCUT2D eigenvalue weighted by molar-refractivity contribution is 5.80. The highest BCUT2D eigenvalue weighted by Gasteiger charge is 2.16. The largest absolute Gasteiger partial charge is 0.357 e. The van der Waals surface area contributed by atoms with E-state index in [0.29, 0.717) is 12.6 Å². The van der Waals surface area contributed by atoms with Crippen molar-refractivity contribution in [3.8, 4) is 0 Å². The molecule has 1 saturated carbocycles. The van der Waals surface area contributed by atoms with Gasteiger partial charge in [0.15, 0.2) is 5.96 Å². The van der Waals surface area contributed by atoms with Gasteiger partial charge in [-0.2, -0.15) is 0 Å². The van der Waals surface area contributed by atoms with Gasteiger partial charge in [-0.25, -0.2) is 9.98 Å². The first-order chi connectivity index (χ1) is 11.8. The Kier molecular flexibility index (Phi) is 5.88. The van der Waals surface area contributed by atoms with Crippen LogP contribution in [-0.2, 0) is 13.1 Å². The number of aromatic nitrogens is 2. The van der Waals surface area contributed by atoms with E-state index in [0.717, 1.165) is 24.9 Å². The second-order valence-corrected chi connectivity index (χ2v) is 6.28. The SMILES string of the molecule is CCNC(=NCc1nccn1Cc1ccccc1)NC1CCCC1. The first-order valence-electron chi connectivity index (χ1n) is 8.94. The van der Waals surface area contributed by atoms with E-state index in [1.807, 2.05) is 18.5 Å². The number of guanidine groups is 1. The quantitative estimate of drug-likeness (QED) is 0.634. The van der Waals surface area contributed by atoms with Crippen LogP contribution in [0.2, 0.25) is 0 Å². The van der Waals surface area contributed by atoms with Crippen LogP contribution in [0, 0.1) is 0 Å². The summed E-state index contributed by atoms with van der Waals surface area (Å²) >= 11 is 0. The molecule has 0 unspecified atom stereocenters. The topological polar surface area (TPSA) is 54.2 Å². The van der Waals surface area contributed by atoms with Crippen molar-refractivity contribution < 1.29 is 0 Å². The fourth-order valence-electron chi connectivity index (χ4n) is 3.15. The van der Waals surface area contributed by atoms with Crippen LogP contribution >= 0.6 is 0 Å². The molecule has 5 nitrogen and oxygen atoms in total. The van der Waals surface area contributed by atoms with Gasteiger partial charge in [-0.15, -0.1) is 0 Å². The summed E-state index contributed by atoms with van der Waals surface area (Å²) in [5, 5.41) is 6.89. The zero-order valence-electron chi connectivity index (χ0n) is 14.4. The maximum atomic E-state index is 4.73. The van der Waals surface area contributed by atoms with E-state index in [2.05, 4.69) is 51.4 Å². The smallest absolute Gasteiger partial charge is 0.191 e. The Morgan fingerprint density at radius 2 is 2.04 bits per heavy atom. The summed E-state index contributed by atoms with van der Waals surface area (Å²) in [5.41, 5.74) is 1.27. The Balaban J connectivity index is 1.64. The minimum atomic E-state index is 0.562. The van der Waals surface area contributed by atoms with Crippen molar-refractivity contribution in [2.24, 2.45) is 4.99 Å². The predicted molar refractivity (Wildman–Crippen MR) is 98.0 cm³/mol. The predicted octanol–water partition coefficient (Wildman–Crippen LogP) is 2.93. The average molecular weight is 325 g/mol. The third-order valence-electron chi connectivity index (χ3n) is 4.42. The van der Waals surface area contributed by atoms with E-state index >= 15 is 0 Å². The molecule has 2 aromatic rings. The van der Waals surface area contributed by atoms with Gasteiger partial charge in [0.25, 0.3) is 0 Å². The van der Waals surface area contributed by atoms with Crippen molar-refractivity contribution in [2.45, 2.75) is 51.7 Å². The third kappa shape index (κ3) is 4.60. The van der Waals surface area contributed by atoms with Crippen LogP contribution in [0.5, 0.6) is 0 Å². The summed E-state index contributed by atoms with van der Waals surface area (Å²) in [7, 11) is 0. The Bertz CT molecular complexity index is 641. The van der Waals surface area contributed by atoms with E-state index < -0.39 is 0 Å². The number of hydrogen-bond donors (Lipinski definition) is 2. The van der Waals surface area contributed by atoms with Crippen molar-refractivity contribution in [3.63, 3.8) is 0 Å². The highest BCUT2D eigenvalue weighted by atomic mass is 15.2. The van der Waals surface area contributed by atoms with Crippen molar-refractivity contribution in [2.75, 3.05) is 6.54 Å². The lowest BCUT2D eigenvalue weighted by molar-refractivity contribution is 0.612. The van der Waals surface area contributed by atoms with Crippen LogP contribution in [0.4, 0.5) is 0 Å². The van der Waals surface area contributed by atoms with Crippen LogP contribution < -0.4 is 10.6 Å². The average Bonchev–Trinajstić information content (AvgIpc) is 3.26. The van der Waals surface area contributed by atoms with E-state index in [4.69, 9.17) is 4.99 Å². The molecule has 24 heavy (non-hydrogen) atoms. The molecule has 0 saturated heterocycles. The zero-order chi connectivity index (χ0) is 16.6. The standard InChI is InChI=1S/C19H27N5/c1-2-20-19(23-17-10-6-7-11-17)22-14-18-21-12-13-24(18)15-16-8-4-3-5-9-16/h3-5,8-9,12-13,17H,2,6-7,10-11,14-15H2,1H3,(H2,20,22,23). The van der Waals surface area contributed by atoms with Gasteiger partial charge in [0.2, 0.25) is 0 Å². The normalized spacial score (nSPS) is 15.6. The lowest BCUT2D eigenvalue weighted by Crippen LogP contribution is -2.42. The number of aliphatic imine (C=N–C) groups is 1. The van der Waals surface area contributed by atoms with Gasteiger partial charge in [0.1, 0.15) is 12.4 Å². The molecule has 1 aliphatic carbocycles. The summed E-state index contributed by atoms with van der Waals surface area (Å²) < 4.78 is 2.16. The maximum Gasteiger partial charge on any atom is 0.191 e. The minimum Gasteiger partial charge on any atom is -0.357 e. The number of benzene rings is 1. The van der Waals surface area contributed by atoms with Gasteiger partial charge in [-0.1, -0.05) is 43.2 Å². The maximum absolute atomic E-state index is 4.73. The van der Waals surface area contributed by atoms with Gasteiger partial charge in [-0.05, 0) is 25.3 Å². The third-order valence-corrected chi connectivity index (χ3v) is 4.42. The summed E-state index contributed by atoms with van der Waals surface area (Å²) in [6, 6.07) is 11.0. The summed E-state index contributed by atoms with van der Waals surface area (Å²) in [6.45, 7) is 4.39. The van der Waals surface area contributed by atoms with Crippen molar-refractivity contribution in [3.05, 3.63) is 54.1 Å². The van der Waals surface area contributed by atoms with Crippen molar-refractivity contribution >= 4 is 5.96 Å². The molecule has 0 atom stereocenters. The molecule has 0 spiro atoms. The second-order valence-electron chi connectivity index (χ2n) is 6.28.